The molecule has 5 nitrogen and oxygen atoms in total. The third-order valence-electron chi connectivity index (χ3n) is 4.71. The van der Waals surface area contributed by atoms with Gasteiger partial charge in [0.1, 0.15) is 0 Å². The summed E-state index contributed by atoms with van der Waals surface area (Å²) in [7, 11) is 1.87. The van der Waals surface area contributed by atoms with E-state index in [4.69, 9.17) is 0 Å². The summed E-state index contributed by atoms with van der Waals surface area (Å²) in [6.45, 7) is 0.211. The number of hydrogen-bond donors (Lipinski definition) is 2. The molecular weight excluding hydrogens is 326 g/mol. The summed E-state index contributed by atoms with van der Waals surface area (Å²) in [5.74, 6) is -0.276. The van der Waals surface area contributed by atoms with Gasteiger partial charge < -0.3 is 15.5 Å². The van der Waals surface area contributed by atoms with Gasteiger partial charge in [-0.05, 0) is 37.1 Å². The molecule has 0 saturated heterocycles. The summed E-state index contributed by atoms with van der Waals surface area (Å²) < 4.78 is 0. The molecule has 0 heterocycles. The van der Waals surface area contributed by atoms with Crippen molar-refractivity contribution in [2.24, 2.45) is 0 Å². The van der Waals surface area contributed by atoms with Crippen LogP contribution in [0.5, 0.6) is 0 Å². The van der Waals surface area contributed by atoms with Crippen LogP contribution in [-0.4, -0.2) is 31.4 Å². The summed E-state index contributed by atoms with van der Waals surface area (Å²) in [5, 5.41) is 5.95. The van der Waals surface area contributed by atoms with Crippen molar-refractivity contribution >= 4 is 23.2 Å². The number of nitrogens with one attached hydrogen (secondary N) is 2. The third-order valence-corrected chi connectivity index (χ3v) is 4.71. The standard InChI is InChI=1S/C21H25N3O2/c1-24(17-11-3-2-4-12-17)15-20(25)23-19-14-8-7-13-18(19)21(26)22-16-9-5-6-10-16/h2-4,7-8,11-14,16H,5-6,9-10,15H2,1H3,(H,22,26)(H,23,25). The second kappa shape index (κ2) is 8.52. The lowest BCUT2D eigenvalue weighted by molar-refractivity contribution is -0.114. The first-order valence-electron chi connectivity index (χ1n) is 9.09. The average molecular weight is 351 g/mol. The maximum atomic E-state index is 12.6. The fraction of sp³-hybridized carbons (Fsp3) is 0.333. The number of nitrogens with zero attached hydrogens (tertiary/aromatic N) is 1. The number of benzene rings is 2. The molecule has 0 radical (unpaired) electrons. The third kappa shape index (κ3) is 4.63. The van der Waals surface area contributed by atoms with Crippen LogP contribution in [0.3, 0.4) is 0 Å². The lowest BCUT2D eigenvalue weighted by atomic mass is 10.1. The Morgan fingerprint density at radius 3 is 2.38 bits per heavy atom. The molecule has 2 N–H and O–H groups in total. The second-order valence-corrected chi connectivity index (χ2v) is 6.74. The van der Waals surface area contributed by atoms with Gasteiger partial charge in [0.2, 0.25) is 5.91 Å². The molecule has 5 heteroatoms. The van der Waals surface area contributed by atoms with Gasteiger partial charge in [-0.2, -0.15) is 0 Å². The maximum Gasteiger partial charge on any atom is 0.253 e. The highest BCUT2D eigenvalue weighted by Gasteiger charge is 2.20. The zero-order valence-corrected chi connectivity index (χ0v) is 15.1. The monoisotopic (exact) mass is 351 g/mol. The summed E-state index contributed by atoms with van der Waals surface area (Å²) in [6.07, 6.45) is 4.38. The fourth-order valence-electron chi connectivity index (χ4n) is 3.30. The average Bonchev–Trinajstić information content (AvgIpc) is 3.15. The number of amides is 2. The second-order valence-electron chi connectivity index (χ2n) is 6.74. The van der Waals surface area contributed by atoms with Crippen molar-refractivity contribution in [1.82, 2.24) is 5.32 Å². The zero-order chi connectivity index (χ0) is 18.4. The highest BCUT2D eigenvalue weighted by molar-refractivity contribution is 6.04. The molecular formula is C21H25N3O2. The van der Waals surface area contributed by atoms with E-state index in [1.807, 2.05) is 54.4 Å². The van der Waals surface area contributed by atoms with E-state index < -0.39 is 0 Å². The summed E-state index contributed by atoms with van der Waals surface area (Å²) in [5.41, 5.74) is 2.03. The van der Waals surface area contributed by atoms with Crippen LogP contribution >= 0.6 is 0 Å². The maximum absolute atomic E-state index is 12.6. The fourth-order valence-corrected chi connectivity index (χ4v) is 3.30. The Balaban J connectivity index is 1.63. The first-order valence-corrected chi connectivity index (χ1v) is 9.09. The van der Waals surface area contributed by atoms with Gasteiger partial charge in [-0.15, -0.1) is 0 Å². The van der Waals surface area contributed by atoms with E-state index in [9.17, 15) is 9.59 Å². The van der Waals surface area contributed by atoms with Gasteiger partial charge in [-0.1, -0.05) is 43.2 Å². The molecule has 26 heavy (non-hydrogen) atoms. The molecule has 136 valence electrons. The van der Waals surface area contributed by atoms with Gasteiger partial charge in [-0.25, -0.2) is 0 Å². The normalized spacial score (nSPS) is 14.0. The quantitative estimate of drug-likeness (QED) is 0.838. The van der Waals surface area contributed by atoms with Gasteiger partial charge in [0.25, 0.3) is 5.91 Å². The predicted molar refractivity (Wildman–Crippen MR) is 105 cm³/mol. The molecule has 1 fully saturated rings. The molecule has 0 spiro atoms. The topological polar surface area (TPSA) is 61.4 Å². The molecule has 2 amide bonds. The van der Waals surface area contributed by atoms with Crippen molar-refractivity contribution in [3.63, 3.8) is 0 Å². The van der Waals surface area contributed by atoms with E-state index in [0.29, 0.717) is 11.3 Å². The van der Waals surface area contributed by atoms with Crippen LogP contribution in [0.1, 0.15) is 36.0 Å². The molecule has 0 aliphatic heterocycles. The molecule has 1 saturated carbocycles. The van der Waals surface area contributed by atoms with Crippen LogP contribution in [0.4, 0.5) is 11.4 Å². The van der Waals surface area contributed by atoms with Crippen molar-refractivity contribution in [3.05, 3.63) is 60.2 Å². The molecule has 0 aromatic heterocycles. The van der Waals surface area contributed by atoms with Gasteiger partial charge in [0, 0.05) is 18.8 Å². The number of carbonyl (C=O) groups excluding carboxylic acids is 2. The van der Waals surface area contributed by atoms with E-state index in [-0.39, 0.29) is 24.4 Å². The molecule has 0 bridgehead atoms. The van der Waals surface area contributed by atoms with Crippen LogP contribution in [0.2, 0.25) is 0 Å². The molecule has 0 atom stereocenters. The first-order chi connectivity index (χ1) is 12.6. The van der Waals surface area contributed by atoms with Crippen molar-refractivity contribution in [3.8, 4) is 0 Å². The molecule has 1 aliphatic carbocycles. The van der Waals surface area contributed by atoms with Crippen molar-refractivity contribution in [2.45, 2.75) is 31.7 Å². The Bertz CT molecular complexity index is 755. The number of rotatable bonds is 6. The van der Waals surface area contributed by atoms with Gasteiger partial charge in [0.15, 0.2) is 0 Å². The summed E-state index contributed by atoms with van der Waals surface area (Å²) in [4.78, 5) is 26.9. The predicted octanol–water partition coefficient (Wildman–Crippen LogP) is 3.43. The van der Waals surface area contributed by atoms with Crippen LogP contribution in [-0.2, 0) is 4.79 Å². The van der Waals surface area contributed by atoms with E-state index in [1.54, 1.807) is 12.1 Å². The first kappa shape index (κ1) is 18.0. The van der Waals surface area contributed by atoms with Crippen LogP contribution in [0.15, 0.2) is 54.6 Å². The zero-order valence-electron chi connectivity index (χ0n) is 15.1. The largest absolute Gasteiger partial charge is 0.365 e. The minimum absolute atomic E-state index is 0.121. The molecule has 0 unspecified atom stereocenters. The number of hydrogen-bond acceptors (Lipinski definition) is 3. The Labute approximate surface area is 154 Å². The Morgan fingerprint density at radius 2 is 1.65 bits per heavy atom. The van der Waals surface area contributed by atoms with Gasteiger partial charge >= 0.3 is 0 Å². The van der Waals surface area contributed by atoms with Gasteiger partial charge in [0.05, 0.1) is 17.8 Å². The van der Waals surface area contributed by atoms with Crippen molar-refractivity contribution in [2.75, 3.05) is 23.8 Å². The van der Waals surface area contributed by atoms with Crippen LogP contribution < -0.4 is 15.5 Å². The van der Waals surface area contributed by atoms with Crippen LogP contribution in [0.25, 0.3) is 0 Å². The van der Waals surface area contributed by atoms with E-state index >= 15 is 0 Å². The van der Waals surface area contributed by atoms with Gasteiger partial charge in [-0.3, -0.25) is 9.59 Å². The van der Waals surface area contributed by atoms with E-state index in [0.717, 1.165) is 31.4 Å². The van der Waals surface area contributed by atoms with E-state index in [2.05, 4.69) is 10.6 Å². The number of likely N-dealkylation sites (N-methyl/N-ethyl adjacent to an activating group) is 1. The number of anilines is 2. The van der Waals surface area contributed by atoms with Crippen molar-refractivity contribution < 1.29 is 9.59 Å². The highest BCUT2D eigenvalue weighted by atomic mass is 16.2. The highest BCUT2D eigenvalue weighted by Crippen LogP contribution is 2.20. The van der Waals surface area contributed by atoms with E-state index in [1.165, 1.54) is 0 Å². The lowest BCUT2D eigenvalue weighted by Crippen LogP contribution is -2.34. The van der Waals surface area contributed by atoms with Crippen LogP contribution in [0, 0.1) is 0 Å². The number of carbonyl (C=O) groups is 2. The number of para-hydroxylation sites is 2. The lowest BCUT2D eigenvalue weighted by Gasteiger charge is -2.19. The summed E-state index contributed by atoms with van der Waals surface area (Å²) >= 11 is 0. The minimum Gasteiger partial charge on any atom is -0.365 e. The molecule has 1 aliphatic rings. The smallest absolute Gasteiger partial charge is 0.253 e. The molecule has 2 aromatic rings. The SMILES string of the molecule is CN(CC(=O)Nc1ccccc1C(=O)NC1CCCC1)c1ccccc1. The van der Waals surface area contributed by atoms with Crippen molar-refractivity contribution in [1.29, 1.82) is 0 Å². The Hall–Kier alpha value is -2.82. The summed E-state index contributed by atoms with van der Waals surface area (Å²) in [6, 6.07) is 17.1. The molecule has 2 aromatic carbocycles. The minimum atomic E-state index is -0.155. The molecule has 3 rings (SSSR count). The Morgan fingerprint density at radius 1 is 1.00 bits per heavy atom. The Kier molecular flexibility index (Phi) is 5.89.